The Labute approximate surface area is 123 Å². The van der Waals surface area contributed by atoms with Crippen molar-refractivity contribution in [1.29, 1.82) is 0 Å². The van der Waals surface area contributed by atoms with Gasteiger partial charge in [0.2, 0.25) is 0 Å². The minimum absolute atomic E-state index is 0.210. The molecule has 1 unspecified atom stereocenters. The minimum atomic E-state index is 0.210. The first kappa shape index (κ1) is 16.9. The molecule has 20 heavy (non-hydrogen) atoms. The first-order valence-corrected chi connectivity index (χ1v) is 7.56. The molecule has 1 aromatic carbocycles. The van der Waals surface area contributed by atoms with Gasteiger partial charge < -0.3 is 5.73 Å². The van der Waals surface area contributed by atoms with Crippen molar-refractivity contribution in [1.82, 2.24) is 0 Å². The Morgan fingerprint density at radius 1 is 1.20 bits per heavy atom. The molecule has 0 amide bonds. The highest BCUT2D eigenvalue weighted by Crippen LogP contribution is 2.32. The van der Waals surface area contributed by atoms with Gasteiger partial charge >= 0.3 is 0 Å². The Hall–Kier alpha value is -1.15. The fourth-order valence-electron chi connectivity index (χ4n) is 2.69. The van der Waals surface area contributed by atoms with Crippen molar-refractivity contribution < 1.29 is 4.79 Å². The summed E-state index contributed by atoms with van der Waals surface area (Å²) in [5, 5.41) is 0. The van der Waals surface area contributed by atoms with Crippen molar-refractivity contribution in [2.45, 2.75) is 53.9 Å². The summed E-state index contributed by atoms with van der Waals surface area (Å²) in [5.41, 5.74) is 9.01. The van der Waals surface area contributed by atoms with Crippen LogP contribution in [0.4, 0.5) is 0 Å². The number of hydrogen-bond donors (Lipinski definition) is 1. The number of ketones is 1. The van der Waals surface area contributed by atoms with E-state index in [2.05, 4.69) is 26.8 Å². The highest BCUT2D eigenvalue weighted by Gasteiger charge is 2.24. The van der Waals surface area contributed by atoms with E-state index in [-0.39, 0.29) is 11.2 Å². The Kier molecular flexibility index (Phi) is 5.94. The van der Waals surface area contributed by atoms with Gasteiger partial charge in [0, 0.05) is 12.0 Å². The van der Waals surface area contributed by atoms with Crippen LogP contribution in [0.15, 0.2) is 18.2 Å². The summed E-state index contributed by atoms with van der Waals surface area (Å²) in [4.78, 5) is 12.4. The quantitative estimate of drug-likeness (QED) is 0.787. The normalized spacial score (nSPS) is 13.3. The molecule has 2 heteroatoms. The Morgan fingerprint density at radius 3 is 2.40 bits per heavy atom. The molecule has 0 radical (unpaired) electrons. The molecule has 0 spiro atoms. The van der Waals surface area contributed by atoms with Crippen LogP contribution in [0, 0.1) is 25.2 Å². The van der Waals surface area contributed by atoms with Crippen LogP contribution < -0.4 is 5.73 Å². The van der Waals surface area contributed by atoms with E-state index in [1.165, 1.54) is 0 Å². The van der Waals surface area contributed by atoms with Crippen molar-refractivity contribution in [3.8, 4) is 0 Å². The second kappa shape index (κ2) is 7.03. The molecule has 0 aliphatic heterocycles. The summed E-state index contributed by atoms with van der Waals surface area (Å²) in [5.74, 6) is 0.763. The Balaban J connectivity index is 2.73. The summed E-state index contributed by atoms with van der Waals surface area (Å²) in [6, 6.07) is 6.09. The number of aryl methyl sites for hydroxylation is 2. The fourth-order valence-corrected chi connectivity index (χ4v) is 2.69. The second-order valence-electron chi connectivity index (χ2n) is 6.92. The van der Waals surface area contributed by atoms with Gasteiger partial charge in [-0.3, -0.25) is 4.79 Å². The number of hydrogen-bond acceptors (Lipinski definition) is 2. The summed E-state index contributed by atoms with van der Waals surface area (Å²) in [6.45, 7) is 11.4. The highest BCUT2D eigenvalue weighted by molar-refractivity contribution is 5.97. The largest absolute Gasteiger partial charge is 0.330 e. The molecule has 0 fully saturated rings. The van der Waals surface area contributed by atoms with Crippen molar-refractivity contribution in [3.05, 3.63) is 34.9 Å². The van der Waals surface area contributed by atoms with Crippen LogP contribution in [0.2, 0.25) is 0 Å². The van der Waals surface area contributed by atoms with Gasteiger partial charge in [0.15, 0.2) is 5.78 Å². The van der Waals surface area contributed by atoms with Crippen LogP contribution in [0.25, 0.3) is 0 Å². The third-order valence-corrected chi connectivity index (χ3v) is 4.15. The van der Waals surface area contributed by atoms with E-state index in [9.17, 15) is 4.79 Å². The standard InChI is InChI=1S/C18H29NO/c1-13-6-7-14(2)16(12-13)17(20)9-8-15(10-11-19)18(3,4)5/h6-7,12,15H,8-11,19H2,1-5H3. The third-order valence-electron chi connectivity index (χ3n) is 4.15. The lowest BCUT2D eigenvalue weighted by atomic mass is 9.75. The monoisotopic (exact) mass is 275 g/mol. The average Bonchev–Trinajstić information content (AvgIpc) is 2.35. The molecule has 112 valence electrons. The summed E-state index contributed by atoms with van der Waals surface area (Å²) >= 11 is 0. The fraction of sp³-hybridized carbons (Fsp3) is 0.611. The molecule has 1 atom stereocenters. The van der Waals surface area contributed by atoms with Crippen molar-refractivity contribution in [3.63, 3.8) is 0 Å². The second-order valence-corrected chi connectivity index (χ2v) is 6.92. The molecule has 1 rings (SSSR count). The van der Waals surface area contributed by atoms with E-state index in [1.807, 2.05) is 26.0 Å². The van der Waals surface area contributed by atoms with Gasteiger partial charge in [0.25, 0.3) is 0 Å². The molecule has 0 bridgehead atoms. The van der Waals surface area contributed by atoms with Crippen LogP contribution in [0.5, 0.6) is 0 Å². The van der Waals surface area contributed by atoms with E-state index in [0.29, 0.717) is 18.9 Å². The van der Waals surface area contributed by atoms with Gasteiger partial charge in [0.1, 0.15) is 0 Å². The first-order valence-electron chi connectivity index (χ1n) is 7.56. The zero-order chi connectivity index (χ0) is 15.3. The lowest BCUT2D eigenvalue weighted by Gasteiger charge is -2.30. The lowest BCUT2D eigenvalue weighted by molar-refractivity contribution is 0.0957. The molecule has 0 saturated heterocycles. The first-order chi connectivity index (χ1) is 9.25. The van der Waals surface area contributed by atoms with E-state index >= 15 is 0 Å². The molecule has 2 N–H and O–H groups in total. The highest BCUT2D eigenvalue weighted by atomic mass is 16.1. The van der Waals surface area contributed by atoms with Gasteiger partial charge in [0.05, 0.1) is 0 Å². The van der Waals surface area contributed by atoms with E-state index in [0.717, 1.165) is 29.5 Å². The molecule has 0 aliphatic carbocycles. The van der Waals surface area contributed by atoms with Gasteiger partial charge in [-0.1, -0.05) is 38.5 Å². The van der Waals surface area contributed by atoms with Crippen LogP contribution in [0.1, 0.15) is 61.5 Å². The lowest BCUT2D eigenvalue weighted by Crippen LogP contribution is -2.24. The summed E-state index contributed by atoms with van der Waals surface area (Å²) < 4.78 is 0. The Bertz CT molecular complexity index is 457. The maximum absolute atomic E-state index is 12.4. The molecule has 2 nitrogen and oxygen atoms in total. The van der Waals surface area contributed by atoms with Crippen molar-refractivity contribution in [2.75, 3.05) is 6.54 Å². The van der Waals surface area contributed by atoms with Gasteiger partial charge in [-0.2, -0.15) is 0 Å². The minimum Gasteiger partial charge on any atom is -0.330 e. The van der Waals surface area contributed by atoms with Gasteiger partial charge in [-0.25, -0.2) is 0 Å². The van der Waals surface area contributed by atoms with E-state index in [1.54, 1.807) is 0 Å². The number of Topliss-reactive ketones (excluding diaryl/α,β-unsaturated/α-hetero) is 1. The van der Waals surface area contributed by atoms with E-state index in [4.69, 9.17) is 5.73 Å². The van der Waals surface area contributed by atoms with E-state index < -0.39 is 0 Å². The van der Waals surface area contributed by atoms with Crippen molar-refractivity contribution >= 4 is 5.78 Å². The topological polar surface area (TPSA) is 43.1 Å². The number of nitrogens with two attached hydrogens (primary N) is 1. The smallest absolute Gasteiger partial charge is 0.163 e. The number of benzene rings is 1. The Morgan fingerprint density at radius 2 is 1.85 bits per heavy atom. The third kappa shape index (κ3) is 4.75. The molecule has 0 aromatic heterocycles. The van der Waals surface area contributed by atoms with Gasteiger partial charge in [-0.05, 0) is 56.2 Å². The summed E-state index contributed by atoms with van der Waals surface area (Å²) in [6.07, 6.45) is 2.53. The molecule has 0 saturated carbocycles. The SMILES string of the molecule is Cc1ccc(C)c(C(=O)CCC(CCN)C(C)(C)C)c1. The molecule has 0 aliphatic rings. The zero-order valence-electron chi connectivity index (χ0n) is 13.6. The van der Waals surface area contributed by atoms with Crippen molar-refractivity contribution in [2.24, 2.45) is 17.1 Å². The molecular weight excluding hydrogens is 246 g/mol. The van der Waals surface area contributed by atoms with Crippen LogP contribution >= 0.6 is 0 Å². The van der Waals surface area contributed by atoms with Gasteiger partial charge in [-0.15, -0.1) is 0 Å². The number of carbonyl (C=O) groups excluding carboxylic acids is 1. The van der Waals surface area contributed by atoms with Crippen LogP contribution in [0.3, 0.4) is 0 Å². The van der Waals surface area contributed by atoms with Crippen LogP contribution in [-0.2, 0) is 0 Å². The van der Waals surface area contributed by atoms with Crippen LogP contribution in [-0.4, -0.2) is 12.3 Å². The maximum atomic E-state index is 12.4. The number of carbonyl (C=O) groups is 1. The number of rotatable bonds is 6. The molecule has 1 aromatic rings. The summed E-state index contributed by atoms with van der Waals surface area (Å²) in [7, 11) is 0. The predicted molar refractivity (Wildman–Crippen MR) is 86.1 cm³/mol. The zero-order valence-corrected chi connectivity index (χ0v) is 13.6. The predicted octanol–water partition coefficient (Wildman–Crippen LogP) is 4.28. The molecule has 0 heterocycles. The maximum Gasteiger partial charge on any atom is 0.163 e. The molecular formula is C18H29NO. The average molecular weight is 275 g/mol.